The molecule has 1 aliphatic rings. The average molecular weight is 615 g/mol. The van der Waals surface area contributed by atoms with Crippen LogP contribution in [0.25, 0.3) is 83.6 Å². The maximum Gasteiger partial charge on any atom is 0.164 e. The van der Waals surface area contributed by atoms with Crippen molar-refractivity contribution in [3.8, 4) is 62.5 Å². The Labute approximate surface area is 276 Å². The molecule has 10 rings (SSSR count). The van der Waals surface area contributed by atoms with E-state index in [1.54, 1.807) is 0 Å². The maximum atomic E-state index is 6.71. The second kappa shape index (κ2) is 10.5. The van der Waals surface area contributed by atoms with E-state index in [0.29, 0.717) is 17.5 Å². The smallest absolute Gasteiger partial charge is 0.164 e. The minimum atomic E-state index is 0.597. The van der Waals surface area contributed by atoms with Gasteiger partial charge in [-0.15, -0.1) is 0 Å². The van der Waals surface area contributed by atoms with Crippen molar-refractivity contribution in [3.63, 3.8) is 0 Å². The lowest BCUT2D eigenvalue weighted by atomic mass is 9.93. The summed E-state index contributed by atoms with van der Waals surface area (Å²) in [7, 11) is 0. The Morgan fingerprint density at radius 3 is 1.60 bits per heavy atom. The van der Waals surface area contributed by atoms with Crippen LogP contribution in [-0.4, -0.2) is 19.5 Å². The van der Waals surface area contributed by atoms with Gasteiger partial charge in [-0.1, -0.05) is 121 Å². The first kappa shape index (κ1) is 26.6. The summed E-state index contributed by atoms with van der Waals surface area (Å²) >= 11 is 0. The molecule has 2 aromatic heterocycles. The third-order valence-electron chi connectivity index (χ3n) is 9.25. The Morgan fingerprint density at radius 1 is 0.396 bits per heavy atom. The molecule has 48 heavy (non-hydrogen) atoms. The third-order valence-corrected chi connectivity index (χ3v) is 9.25. The van der Waals surface area contributed by atoms with E-state index >= 15 is 0 Å². The predicted molar refractivity (Wildman–Crippen MR) is 193 cm³/mol. The molecule has 224 valence electrons. The number of rotatable bonds is 4. The molecule has 0 amide bonds. The maximum absolute atomic E-state index is 6.71. The zero-order chi connectivity index (χ0) is 31.6. The van der Waals surface area contributed by atoms with Crippen molar-refractivity contribution in [1.29, 1.82) is 0 Å². The van der Waals surface area contributed by atoms with Crippen LogP contribution in [0.1, 0.15) is 0 Å². The van der Waals surface area contributed by atoms with E-state index < -0.39 is 0 Å². The van der Waals surface area contributed by atoms with Gasteiger partial charge in [-0.3, -0.25) is 0 Å². The highest BCUT2D eigenvalue weighted by Crippen LogP contribution is 2.49. The van der Waals surface area contributed by atoms with Crippen LogP contribution in [0.3, 0.4) is 0 Å². The third kappa shape index (κ3) is 4.08. The van der Waals surface area contributed by atoms with Crippen LogP contribution < -0.4 is 4.74 Å². The van der Waals surface area contributed by atoms with Crippen molar-refractivity contribution in [2.24, 2.45) is 0 Å². The van der Waals surface area contributed by atoms with E-state index in [9.17, 15) is 0 Å². The molecule has 0 spiro atoms. The second-order valence-electron chi connectivity index (χ2n) is 12.0. The van der Waals surface area contributed by atoms with Crippen molar-refractivity contribution < 1.29 is 4.74 Å². The van der Waals surface area contributed by atoms with Gasteiger partial charge in [0.1, 0.15) is 11.5 Å². The molecule has 0 unspecified atom stereocenters. The molecule has 7 aromatic carbocycles. The molecule has 5 nitrogen and oxygen atoms in total. The zero-order valence-electron chi connectivity index (χ0n) is 25.7. The highest BCUT2D eigenvalue weighted by molar-refractivity contribution is 6.13. The van der Waals surface area contributed by atoms with Gasteiger partial charge in [0, 0.05) is 43.8 Å². The Hall–Kier alpha value is -6.59. The molecule has 0 atom stereocenters. The summed E-state index contributed by atoms with van der Waals surface area (Å²) in [5.41, 5.74) is 8.41. The van der Waals surface area contributed by atoms with E-state index in [2.05, 4.69) is 102 Å². The van der Waals surface area contributed by atoms with E-state index in [0.717, 1.165) is 55.8 Å². The van der Waals surface area contributed by atoms with Crippen LogP contribution in [0.2, 0.25) is 0 Å². The molecule has 0 N–H and O–H groups in total. The molecule has 0 aliphatic carbocycles. The SMILES string of the molecule is c1ccc(-c2nc(-c3ccccc3)nc(-c3ccc4c(c3)Oc3ccc(-n5c6ccccc6c6ccccc65)c5cccc-4c35)n2)cc1. The minimum absolute atomic E-state index is 0.597. The van der Waals surface area contributed by atoms with Crippen LogP contribution in [0, 0.1) is 0 Å². The summed E-state index contributed by atoms with van der Waals surface area (Å²) in [6.07, 6.45) is 0. The van der Waals surface area contributed by atoms with Crippen LogP contribution in [0.5, 0.6) is 11.5 Å². The summed E-state index contributed by atoms with van der Waals surface area (Å²) in [6.45, 7) is 0. The topological polar surface area (TPSA) is 52.8 Å². The molecular formula is C43H26N4O. The monoisotopic (exact) mass is 614 g/mol. The first-order valence-corrected chi connectivity index (χ1v) is 16.0. The number of nitrogens with zero attached hydrogens (tertiary/aromatic N) is 4. The molecule has 0 radical (unpaired) electrons. The van der Waals surface area contributed by atoms with Gasteiger partial charge in [-0.05, 0) is 42.0 Å². The van der Waals surface area contributed by atoms with Crippen molar-refractivity contribution in [3.05, 3.63) is 158 Å². The lowest BCUT2D eigenvalue weighted by Gasteiger charge is -2.23. The summed E-state index contributed by atoms with van der Waals surface area (Å²) in [6, 6.07) is 54.4. The molecule has 0 saturated heterocycles. The first-order chi connectivity index (χ1) is 23.8. The second-order valence-corrected chi connectivity index (χ2v) is 12.0. The van der Waals surface area contributed by atoms with Gasteiger partial charge >= 0.3 is 0 Å². The normalized spacial score (nSPS) is 11.9. The van der Waals surface area contributed by atoms with E-state index in [4.69, 9.17) is 19.7 Å². The van der Waals surface area contributed by atoms with E-state index in [-0.39, 0.29) is 0 Å². The molecule has 0 bridgehead atoms. The number of hydrogen-bond acceptors (Lipinski definition) is 4. The Kier molecular flexibility index (Phi) is 5.81. The molecule has 3 heterocycles. The molecule has 0 saturated carbocycles. The van der Waals surface area contributed by atoms with E-state index in [1.807, 2.05) is 60.7 Å². The number of aromatic nitrogens is 4. The standard InChI is InChI=1S/C43H26N4O/c1-3-12-27(13-4-1)41-44-42(28-14-5-2-6-15-28)46-43(45-41)29-22-23-32-33-18-11-19-34-37(24-25-38(40(33)34)48-39(32)26-29)47-35-20-9-7-16-30(35)31-17-8-10-21-36(31)47/h1-26H. The molecular weight excluding hydrogens is 589 g/mol. The number of para-hydroxylation sites is 2. The number of ether oxygens (including phenoxy) is 1. The summed E-state index contributed by atoms with van der Waals surface area (Å²) in [5.74, 6) is 3.47. The number of fused-ring (bicyclic) bond motifs is 5. The van der Waals surface area contributed by atoms with Gasteiger partial charge < -0.3 is 9.30 Å². The highest BCUT2D eigenvalue weighted by atomic mass is 16.5. The van der Waals surface area contributed by atoms with Gasteiger partial charge in [0.15, 0.2) is 17.5 Å². The van der Waals surface area contributed by atoms with Crippen molar-refractivity contribution in [2.75, 3.05) is 0 Å². The van der Waals surface area contributed by atoms with Crippen molar-refractivity contribution >= 4 is 32.6 Å². The van der Waals surface area contributed by atoms with Crippen molar-refractivity contribution in [1.82, 2.24) is 19.5 Å². The zero-order valence-corrected chi connectivity index (χ0v) is 25.7. The van der Waals surface area contributed by atoms with Crippen LogP contribution >= 0.6 is 0 Å². The minimum Gasteiger partial charge on any atom is -0.456 e. The Bertz CT molecular complexity index is 2590. The largest absolute Gasteiger partial charge is 0.456 e. The average Bonchev–Trinajstić information content (AvgIpc) is 3.49. The molecule has 5 heteroatoms. The first-order valence-electron chi connectivity index (χ1n) is 16.0. The highest BCUT2D eigenvalue weighted by Gasteiger charge is 2.24. The van der Waals surface area contributed by atoms with Crippen molar-refractivity contribution in [2.45, 2.75) is 0 Å². The predicted octanol–water partition coefficient (Wildman–Crippen LogP) is 10.9. The van der Waals surface area contributed by atoms with Gasteiger partial charge in [-0.25, -0.2) is 15.0 Å². The summed E-state index contributed by atoms with van der Waals surface area (Å²) < 4.78 is 9.08. The fraction of sp³-hybridized carbons (Fsp3) is 0. The number of benzene rings is 7. The lowest BCUT2D eigenvalue weighted by molar-refractivity contribution is 0.487. The quantitative estimate of drug-likeness (QED) is 0.198. The fourth-order valence-corrected chi connectivity index (χ4v) is 7.07. The van der Waals surface area contributed by atoms with Gasteiger partial charge in [0.05, 0.1) is 16.7 Å². The molecule has 1 aliphatic heterocycles. The Morgan fingerprint density at radius 2 is 0.958 bits per heavy atom. The van der Waals surface area contributed by atoms with Crippen LogP contribution in [0.15, 0.2) is 158 Å². The summed E-state index contributed by atoms with van der Waals surface area (Å²) in [4.78, 5) is 14.7. The number of hydrogen-bond donors (Lipinski definition) is 0. The summed E-state index contributed by atoms with van der Waals surface area (Å²) in [5, 5.41) is 4.73. The van der Waals surface area contributed by atoms with E-state index in [1.165, 1.54) is 21.8 Å². The van der Waals surface area contributed by atoms with Gasteiger partial charge in [0.25, 0.3) is 0 Å². The van der Waals surface area contributed by atoms with Gasteiger partial charge in [0.2, 0.25) is 0 Å². The fourth-order valence-electron chi connectivity index (χ4n) is 7.07. The Balaban J connectivity index is 1.13. The van der Waals surface area contributed by atoms with Crippen LogP contribution in [0.4, 0.5) is 0 Å². The van der Waals surface area contributed by atoms with Gasteiger partial charge in [-0.2, -0.15) is 0 Å². The lowest BCUT2D eigenvalue weighted by Crippen LogP contribution is -2.02. The molecule has 0 fully saturated rings. The van der Waals surface area contributed by atoms with Crippen LogP contribution in [-0.2, 0) is 0 Å². The molecule has 9 aromatic rings.